The van der Waals surface area contributed by atoms with Crippen molar-refractivity contribution in [2.75, 3.05) is 0 Å². The molecule has 0 fully saturated rings. The van der Waals surface area contributed by atoms with Crippen LogP contribution < -0.4 is 0 Å². The Labute approximate surface area is 111 Å². The lowest BCUT2D eigenvalue weighted by Gasteiger charge is -2.08. The van der Waals surface area contributed by atoms with E-state index in [0.29, 0.717) is 6.42 Å². The molecule has 0 bridgehead atoms. The highest BCUT2D eigenvalue weighted by atomic mass is 16.3. The second-order valence-corrected chi connectivity index (χ2v) is 4.73. The minimum Gasteiger partial charge on any atom is -0.387 e. The third-order valence-electron chi connectivity index (χ3n) is 3.35. The molecular weight excluding hydrogens is 236 g/mol. The van der Waals surface area contributed by atoms with Crippen molar-refractivity contribution in [1.82, 2.24) is 9.97 Å². The van der Waals surface area contributed by atoms with Gasteiger partial charge in [-0.1, -0.05) is 30.3 Å². The number of nitrogens with zero attached hydrogens (tertiary/aromatic N) is 1. The number of pyridine rings is 1. The Morgan fingerprint density at radius 2 is 2.00 bits per heavy atom. The Bertz CT molecular complexity index is 628. The summed E-state index contributed by atoms with van der Waals surface area (Å²) in [5, 5.41) is 11.3. The summed E-state index contributed by atoms with van der Waals surface area (Å²) in [6.07, 6.45) is 4.66. The van der Waals surface area contributed by atoms with Gasteiger partial charge in [-0.3, -0.25) is 4.98 Å². The molecule has 3 rings (SSSR count). The van der Waals surface area contributed by atoms with Crippen molar-refractivity contribution < 1.29 is 5.11 Å². The third-order valence-corrected chi connectivity index (χ3v) is 3.35. The summed E-state index contributed by atoms with van der Waals surface area (Å²) in [6, 6.07) is 14.2. The number of aliphatic hydroxyl groups is 1. The predicted octanol–water partition coefficient (Wildman–Crippen LogP) is 3.23. The van der Waals surface area contributed by atoms with E-state index < -0.39 is 6.10 Å². The minimum absolute atomic E-state index is 0.465. The average Bonchev–Trinajstić information content (AvgIpc) is 2.90. The van der Waals surface area contributed by atoms with Crippen molar-refractivity contribution in [1.29, 1.82) is 0 Å². The van der Waals surface area contributed by atoms with Gasteiger partial charge >= 0.3 is 0 Å². The smallest absolute Gasteiger partial charge is 0.0941 e. The number of aliphatic hydroxyl groups excluding tert-OH is 1. The van der Waals surface area contributed by atoms with Crippen molar-refractivity contribution >= 4 is 10.9 Å². The standard InChI is InChI=1S/C16H16N2O/c19-16(7-6-12-4-2-1-3-5-12)14-10-13-8-9-17-11-15(13)18-14/h1-5,8-11,16,18-19H,6-7H2. The van der Waals surface area contributed by atoms with Gasteiger partial charge in [-0.25, -0.2) is 0 Å². The van der Waals surface area contributed by atoms with Crippen LogP contribution in [0, 0.1) is 0 Å². The predicted molar refractivity (Wildman–Crippen MR) is 75.8 cm³/mol. The van der Waals surface area contributed by atoms with E-state index in [1.54, 1.807) is 12.4 Å². The Balaban J connectivity index is 1.71. The van der Waals surface area contributed by atoms with Crippen LogP contribution in [0.15, 0.2) is 54.9 Å². The zero-order valence-electron chi connectivity index (χ0n) is 10.6. The SMILES string of the molecule is OC(CCc1ccccc1)c1cc2ccncc2[nH]1. The van der Waals surface area contributed by atoms with Gasteiger partial charge in [-0.2, -0.15) is 0 Å². The summed E-state index contributed by atoms with van der Waals surface area (Å²) in [6.45, 7) is 0. The number of aromatic nitrogens is 2. The van der Waals surface area contributed by atoms with E-state index in [1.807, 2.05) is 30.3 Å². The highest BCUT2D eigenvalue weighted by Gasteiger charge is 2.10. The van der Waals surface area contributed by atoms with E-state index in [4.69, 9.17) is 0 Å². The summed E-state index contributed by atoms with van der Waals surface area (Å²) in [5.41, 5.74) is 3.08. The summed E-state index contributed by atoms with van der Waals surface area (Å²) < 4.78 is 0. The summed E-state index contributed by atoms with van der Waals surface area (Å²) in [7, 11) is 0. The Morgan fingerprint density at radius 3 is 2.79 bits per heavy atom. The van der Waals surface area contributed by atoms with Crippen molar-refractivity contribution in [2.45, 2.75) is 18.9 Å². The van der Waals surface area contributed by atoms with Gasteiger partial charge in [0.1, 0.15) is 0 Å². The van der Waals surface area contributed by atoms with Crippen LogP contribution in [0.2, 0.25) is 0 Å². The maximum Gasteiger partial charge on any atom is 0.0941 e. The second kappa shape index (κ2) is 5.24. The van der Waals surface area contributed by atoms with Crippen molar-refractivity contribution in [2.24, 2.45) is 0 Å². The second-order valence-electron chi connectivity index (χ2n) is 4.73. The molecule has 1 aromatic carbocycles. The number of hydrogen-bond donors (Lipinski definition) is 2. The average molecular weight is 252 g/mol. The molecule has 0 radical (unpaired) electrons. The number of rotatable bonds is 4. The number of H-pyrrole nitrogens is 1. The van der Waals surface area contributed by atoms with Crippen LogP contribution in [0.5, 0.6) is 0 Å². The Kier molecular flexibility index (Phi) is 3.29. The molecule has 0 aliphatic heterocycles. The van der Waals surface area contributed by atoms with Gasteiger partial charge in [0, 0.05) is 17.3 Å². The Hall–Kier alpha value is -2.13. The molecule has 0 aliphatic rings. The molecule has 96 valence electrons. The normalized spacial score (nSPS) is 12.7. The van der Waals surface area contributed by atoms with E-state index in [1.165, 1.54) is 5.56 Å². The van der Waals surface area contributed by atoms with Crippen LogP contribution in [-0.2, 0) is 6.42 Å². The van der Waals surface area contributed by atoms with Crippen LogP contribution in [0.4, 0.5) is 0 Å². The molecule has 0 saturated carbocycles. The molecule has 3 heteroatoms. The third kappa shape index (κ3) is 2.66. The minimum atomic E-state index is -0.465. The lowest BCUT2D eigenvalue weighted by molar-refractivity contribution is 0.164. The number of aryl methyl sites for hydroxylation is 1. The topological polar surface area (TPSA) is 48.9 Å². The highest BCUT2D eigenvalue weighted by molar-refractivity contribution is 5.79. The monoisotopic (exact) mass is 252 g/mol. The molecule has 2 N–H and O–H groups in total. The van der Waals surface area contributed by atoms with Crippen molar-refractivity contribution in [3.8, 4) is 0 Å². The van der Waals surface area contributed by atoms with Gasteiger partial charge in [0.05, 0.1) is 17.8 Å². The Morgan fingerprint density at radius 1 is 1.16 bits per heavy atom. The van der Waals surface area contributed by atoms with Crippen LogP contribution in [0.3, 0.4) is 0 Å². The number of hydrogen-bond acceptors (Lipinski definition) is 2. The van der Waals surface area contributed by atoms with Crippen LogP contribution in [-0.4, -0.2) is 15.1 Å². The molecule has 0 saturated heterocycles. The summed E-state index contributed by atoms with van der Waals surface area (Å²) >= 11 is 0. The molecule has 2 heterocycles. The van der Waals surface area contributed by atoms with E-state index >= 15 is 0 Å². The first-order valence-corrected chi connectivity index (χ1v) is 6.47. The van der Waals surface area contributed by atoms with Crippen molar-refractivity contribution in [3.05, 3.63) is 66.1 Å². The molecule has 0 amide bonds. The van der Waals surface area contributed by atoms with Gasteiger partial charge in [-0.15, -0.1) is 0 Å². The van der Waals surface area contributed by atoms with E-state index in [2.05, 4.69) is 22.1 Å². The molecule has 19 heavy (non-hydrogen) atoms. The first-order valence-electron chi connectivity index (χ1n) is 6.47. The van der Waals surface area contributed by atoms with Gasteiger partial charge in [0.2, 0.25) is 0 Å². The largest absolute Gasteiger partial charge is 0.387 e. The van der Waals surface area contributed by atoms with E-state index in [9.17, 15) is 5.11 Å². The number of nitrogens with one attached hydrogen (secondary N) is 1. The number of aromatic amines is 1. The molecule has 3 nitrogen and oxygen atoms in total. The molecule has 0 aliphatic carbocycles. The van der Waals surface area contributed by atoms with Gasteiger partial charge in [-0.05, 0) is 30.5 Å². The molecular formula is C16H16N2O. The van der Waals surface area contributed by atoms with E-state index in [0.717, 1.165) is 23.0 Å². The zero-order chi connectivity index (χ0) is 13.1. The first kappa shape index (κ1) is 11.9. The fourth-order valence-corrected chi connectivity index (χ4v) is 2.28. The summed E-state index contributed by atoms with van der Waals surface area (Å²) in [4.78, 5) is 7.29. The number of fused-ring (bicyclic) bond motifs is 1. The fraction of sp³-hybridized carbons (Fsp3) is 0.188. The van der Waals surface area contributed by atoms with Crippen LogP contribution in [0.1, 0.15) is 23.8 Å². The highest BCUT2D eigenvalue weighted by Crippen LogP contribution is 2.22. The zero-order valence-corrected chi connectivity index (χ0v) is 10.6. The van der Waals surface area contributed by atoms with Crippen LogP contribution >= 0.6 is 0 Å². The number of benzene rings is 1. The fourth-order valence-electron chi connectivity index (χ4n) is 2.28. The lowest BCUT2D eigenvalue weighted by Crippen LogP contribution is -1.99. The maximum atomic E-state index is 10.2. The molecule has 0 spiro atoms. The van der Waals surface area contributed by atoms with Crippen molar-refractivity contribution in [3.63, 3.8) is 0 Å². The molecule has 1 atom stereocenters. The molecule has 3 aromatic rings. The van der Waals surface area contributed by atoms with Crippen LogP contribution in [0.25, 0.3) is 10.9 Å². The van der Waals surface area contributed by atoms with Gasteiger partial charge < -0.3 is 10.1 Å². The molecule has 2 aromatic heterocycles. The quantitative estimate of drug-likeness (QED) is 0.749. The first-order chi connectivity index (χ1) is 9.33. The maximum absolute atomic E-state index is 10.2. The van der Waals surface area contributed by atoms with E-state index in [-0.39, 0.29) is 0 Å². The van der Waals surface area contributed by atoms with Gasteiger partial charge in [0.25, 0.3) is 0 Å². The van der Waals surface area contributed by atoms with Gasteiger partial charge in [0.15, 0.2) is 0 Å². The molecule has 1 unspecified atom stereocenters. The lowest BCUT2D eigenvalue weighted by atomic mass is 10.1. The summed E-state index contributed by atoms with van der Waals surface area (Å²) in [5.74, 6) is 0.